The van der Waals surface area contributed by atoms with Gasteiger partial charge in [0.15, 0.2) is 11.5 Å². The number of hydrogen-bond donors (Lipinski definition) is 0. The number of anilines is 1. The summed E-state index contributed by atoms with van der Waals surface area (Å²) in [5.74, 6) is 2.51. The third kappa shape index (κ3) is 4.35. The van der Waals surface area contributed by atoms with Gasteiger partial charge >= 0.3 is 0 Å². The van der Waals surface area contributed by atoms with Crippen LogP contribution in [0.3, 0.4) is 0 Å². The van der Waals surface area contributed by atoms with E-state index in [4.69, 9.17) is 9.47 Å². The molecule has 3 heterocycles. The average Bonchev–Trinajstić information content (AvgIpc) is 2.79. The first-order valence-corrected chi connectivity index (χ1v) is 12.6. The lowest BCUT2D eigenvalue weighted by Crippen LogP contribution is -2.53. The molecule has 2 saturated heterocycles. The fraction of sp³-hybridized carbons (Fsp3) is 0.636. The van der Waals surface area contributed by atoms with E-state index in [1.54, 1.807) is 29.2 Å². The van der Waals surface area contributed by atoms with Crippen molar-refractivity contribution in [1.29, 1.82) is 0 Å². The van der Waals surface area contributed by atoms with Gasteiger partial charge in [-0.1, -0.05) is 0 Å². The van der Waals surface area contributed by atoms with Gasteiger partial charge in [-0.3, -0.25) is 0 Å². The lowest BCUT2D eigenvalue weighted by molar-refractivity contribution is 0.227. The molecule has 0 radical (unpaired) electrons. The molecule has 10 heteroatoms. The van der Waals surface area contributed by atoms with E-state index in [-0.39, 0.29) is 6.04 Å². The van der Waals surface area contributed by atoms with Crippen molar-refractivity contribution < 1.29 is 17.9 Å². The second-order valence-electron chi connectivity index (χ2n) is 8.78. The van der Waals surface area contributed by atoms with Crippen molar-refractivity contribution in [2.24, 2.45) is 5.92 Å². The Kier molecular flexibility index (Phi) is 6.73. The zero-order valence-electron chi connectivity index (χ0n) is 19.3. The lowest BCUT2D eigenvalue weighted by Gasteiger charge is -2.40. The number of piperidine rings is 1. The first-order chi connectivity index (χ1) is 15.3. The molecule has 0 unspecified atom stereocenters. The highest BCUT2D eigenvalue weighted by Gasteiger charge is 2.36. The van der Waals surface area contributed by atoms with Gasteiger partial charge in [0, 0.05) is 50.2 Å². The van der Waals surface area contributed by atoms with Gasteiger partial charge in [0.05, 0.1) is 19.7 Å². The molecule has 0 saturated carbocycles. The molecule has 0 aliphatic carbocycles. The van der Waals surface area contributed by atoms with Crippen LogP contribution in [0.15, 0.2) is 18.5 Å². The van der Waals surface area contributed by atoms with Crippen LogP contribution < -0.4 is 14.4 Å². The predicted octanol–water partition coefficient (Wildman–Crippen LogP) is 2.52. The van der Waals surface area contributed by atoms with Crippen LogP contribution in [0.2, 0.25) is 0 Å². The van der Waals surface area contributed by atoms with Crippen LogP contribution >= 0.6 is 0 Å². The van der Waals surface area contributed by atoms with E-state index in [9.17, 15) is 8.42 Å². The summed E-state index contributed by atoms with van der Waals surface area (Å²) in [5.41, 5.74) is 0.808. The van der Waals surface area contributed by atoms with Crippen molar-refractivity contribution in [2.75, 3.05) is 51.8 Å². The van der Waals surface area contributed by atoms with Crippen LogP contribution in [0.5, 0.6) is 11.5 Å². The number of aromatic nitrogens is 2. The van der Waals surface area contributed by atoms with Crippen molar-refractivity contribution >= 4 is 26.9 Å². The van der Waals surface area contributed by atoms with E-state index in [1.807, 2.05) is 26.0 Å². The first kappa shape index (κ1) is 23.0. The molecular weight excluding hydrogens is 430 g/mol. The molecule has 176 valence electrons. The Bertz CT molecular complexity index is 1050. The van der Waals surface area contributed by atoms with Crippen LogP contribution in [0.1, 0.15) is 33.1 Å². The SMILES string of the molecule is COc1cc2ncnc(N3CCC(CN4CCCN(C(C)C)S4(=O)=O)CC3)c2cc1OC. The minimum absolute atomic E-state index is 0.00805. The molecule has 0 bridgehead atoms. The smallest absolute Gasteiger partial charge is 0.282 e. The second kappa shape index (κ2) is 9.36. The molecular formula is C22H33N5O4S. The van der Waals surface area contributed by atoms with Gasteiger partial charge in [-0.25, -0.2) is 9.97 Å². The van der Waals surface area contributed by atoms with E-state index < -0.39 is 10.2 Å². The maximum atomic E-state index is 13.0. The first-order valence-electron chi connectivity index (χ1n) is 11.2. The highest BCUT2D eigenvalue weighted by atomic mass is 32.2. The van der Waals surface area contributed by atoms with Crippen LogP contribution in [0.25, 0.3) is 10.9 Å². The maximum Gasteiger partial charge on any atom is 0.282 e. The molecule has 32 heavy (non-hydrogen) atoms. The summed E-state index contributed by atoms with van der Waals surface area (Å²) in [6.07, 6.45) is 4.31. The third-order valence-corrected chi connectivity index (χ3v) is 8.66. The molecule has 0 N–H and O–H groups in total. The van der Waals surface area contributed by atoms with E-state index in [0.29, 0.717) is 37.1 Å². The molecule has 2 aliphatic rings. The number of benzene rings is 1. The molecule has 2 aliphatic heterocycles. The Morgan fingerprint density at radius 3 is 2.38 bits per heavy atom. The molecule has 1 aromatic carbocycles. The number of methoxy groups -OCH3 is 2. The molecule has 0 spiro atoms. The normalized spacial score (nSPS) is 20.7. The molecule has 0 atom stereocenters. The van der Waals surface area contributed by atoms with Gasteiger partial charge in [-0.2, -0.15) is 17.0 Å². The fourth-order valence-corrected chi connectivity index (χ4v) is 6.68. The van der Waals surface area contributed by atoms with Crippen LogP contribution in [-0.2, 0) is 10.2 Å². The zero-order chi connectivity index (χ0) is 22.9. The molecule has 2 fully saturated rings. The summed E-state index contributed by atoms with van der Waals surface area (Å²) in [6.45, 7) is 7.36. The maximum absolute atomic E-state index is 13.0. The number of fused-ring (bicyclic) bond motifs is 1. The van der Waals surface area contributed by atoms with Gasteiger partial charge < -0.3 is 14.4 Å². The minimum atomic E-state index is -3.37. The molecule has 4 rings (SSSR count). The Morgan fingerprint density at radius 2 is 1.72 bits per heavy atom. The van der Waals surface area contributed by atoms with Crippen LogP contribution in [0, 0.1) is 5.92 Å². The number of nitrogens with zero attached hydrogens (tertiary/aromatic N) is 5. The summed E-state index contributed by atoms with van der Waals surface area (Å²) in [4.78, 5) is 11.2. The quantitative estimate of drug-likeness (QED) is 0.650. The summed E-state index contributed by atoms with van der Waals surface area (Å²) in [7, 11) is -0.136. The fourth-order valence-electron chi connectivity index (χ4n) is 4.73. The van der Waals surface area contributed by atoms with E-state index >= 15 is 0 Å². The Labute approximate surface area is 190 Å². The van der Waals surface area contributed by atoms with Gasteiger partial charge in [0.2, 0.25) is 0 Å². The Morgan fingerprint density at radius 1 is 1.03 bits per heavy atom. The number of hydrogen-bond acceptors (Lipinski definition) is 7. The Balaban J connectivity index is 1.47. The van der Waals surface area contributed by atoms with E-state index in [0.717, 1.165) is 49.1 Å². The highest BCUT2D eigenvalue weighted by molar-refractivity contribution is 7.86. The van der Waals surface area contributed by atoms with Crippen molar-refractivity contribution in [3.8, 4) is 11.5 Å². The van der Waals surface area contributed by atoms with Gasteiger partial charge in [0.1, 0.15) is 12.1 Å². The predicted molar refractivity (Wildman–Crippen MR) is 125 cm³/mol. The molecule has 2 aromatic rings. The van der Waals surface area contributed by atoms with E-state index in [1.165, 1.54) is 0 Å². The van der Waals surface area contributed by atoms with Crippen molar-refractivity contribution in [3.63, 3.8) is 0 Å². The summed E-state index contributed by atoms with van der Waals surface area (Å²) in [6, 6.07) is 3.79. The summed E-state index contributed by atoms with van der Waals surface area (Å²) >= 11 is 0. The lowest BCUT2D eigenvalue weighted by atomic mass is 9.96. The Hall–Kier alpha value is -2.17. The molecule has 1 aromatic heterocycles. The average molecular weight is 464 g/mol. The van der Waals surface area contributed by atoms with Crippen molar-refractivity contribution in [2.45, 2.75) is 39.2 Å². The number of rotatable bonds is 6. The zero-order valence-corrected chi connectivity index (χ0v) is 20.1. The van der Waals surface area contributed by atoms with Crippen molar-refractivity contribution in [1.82, 2.24) is 18.6 Å². The van der Waals surface area contributed by atoms with Crippen molar-refractivity contribution in [3.05, 3.63) is 18.5 Å². The third-order valence-electron chi connectivity index (χ3n) is 6.48. The summed E-state index contributed by atoms with van der Waals surface area (Å²) < 4.78 is 40.1. The standard InChI is InChI=1S/C22H33N5O4S/c1-16(2)27-9-5-8-26(32(27,28)29)14-17-6-10-25(11-7-17)22-18-12-20(30-3)21(31-4)13-19(18)23-15-24-22/h12-13,15-17H,5-11,14H2,1-4H3. The monoisotopic (exact) mass is 463 g/mol. The minimum Gasteiger partial charge on any atom is -0.493 e. The number of ether oxygens (including phenoxy) is 2. The van der Waals surface area contributed by atoms with Gasteiger partial charge in [-0.05, 0) is 45.1 Å². The summed E-state index contributed by atoms with van der Waals surface area (Å²) in [5, 5.41) is 0.926. The topological polar surface area (TPSA) is 88.1 Å². The van der Waals surface area contributed by atoms with Gasteiger partial charge in [0.25, 0.3) is 10.2 Å². The second-order valence-corrected chi connectivity index (χ2v) is 10.7. The van der Waals surface area contributed by atoms with Gasteiger partial charge in [-0.15, -0.1) is 0 Å². The largest absolute Gasteiger partial charge is 0.493 e. The van der Waals surface area contributed by atoms with Crippen LogP contribution in [-0.4, -0.2) is 80.0 Å². The highest BCUT2D eigenvalue weighted by Crippen LogP contribution is 2.36. The molecule has 0 amide bonds. The van der Waals surface area contributed by atoms with Crippen LogP contribution in [0.4, 0.5) is 5.82 Å². The van der Waals surface area contributed by atoms with E-state index in [2.05, 4.69) is 14.9 Å². The molecule has 9 nitrogen and oxygen atoms in total.